The molecule has 69 heavy (non-hydrogen) atoms. The molecule has 25 heteroatoms. The van der Waals surface area contributed by atoms with Crippen molar-refractivity contribution in [3.63, 3.8) is 0 Å². The molecule has 392 valence electrons. The van der Waals surface area contributed by atoms with E-state index in [2.05, 4.69) is 33.5 Å². The number of hydrogen-bond donors (Lipinski definition) is 11. The molecule has 5 amide bonds. The molecule has 25 nitrogen and oxygen atoms in total. The first-order valence-electron chi connectivity index (χ1n) is 23.9. The third-order valence-corrected chi connectivity index (χ3v) is 12.2. The SMILES string of the molecule is CCCCCC[C@H](NC(=O)C1CCC(CNC(=O)CN2CCN(CC(=O)O)CCN(CC(=O)O)CCN(CC(=O)O)CC2)CC1)C(=O)NCCCC[C@H](NC(=O)N[C@@H](CCC(=O)O)C(=O)O)C(=O)O. The van der Waals surface area contributed by atoms with Gasteiger partial charge in [-0.1, -0.05) is 32.6 Å². The molecular weight excluding hydrogens is 911 g/mol. The number of nitrogens with one attached hydrogen (secondary N) is 5. The highest BCUT2D eigenvalue weighted by Crippen LogP contribution is 2.29. The Morgan fingerprint density at radius 3 is 1.39 bits per heavy atom. The summed E-state index contributed by atoms with van der Waals surface area (Å²) < 4.78 is 0. The van der Waals surface area contributed by atoms with Gasteiger partial charge in [0.25, 0.3) is 0 Å². The van der Waals surface area contributed by atoms with Gasteiger partial charge >= 0.3 is 41.8 Å². The van der Waals surface area contributed by atoms with Crippen LogP contribution in [0.2, 0.25) is 0 Å². The summed E-state index contributed by atoms with van der Waals surface area (Å²) in [6, 6.07) is -4.79. The third-order valence-electron chi connectivity index (χ3n) is 12.2. The second-order valence-electron chi connectivity index (χ2n) is 17.8. The van der Waals surface area contributed by atoms with Gasteiger partial charge in [-0.25, -0.2) is 14.4 Å². The Kier molecular flexibility index (Phi) is 28.4. The molecule has 1 saturated carbocycles. The molecule has 2 fully saturated rings. The molecular formula is C44H75N9O16. The molecule has 2 rings (SSSR count). The summed E-state index contributed by atoms with van der Waals surface area (Å²) in [6.07, 6.45) is 5.95. The molecule has 1 saturated heterocycles. The van der Waals surface area contributed by atoms with Crippen LogP contribution in [0, 0.1) is 11.8 Å². The summed E-state index contributed by atoms with van der Waals surface area (Å²) in [6.45, 7) is 3.97. The molecule has 0 aromatic rings. The zero-order valence-corrected chi connectivity index (χ0v) is 39.7. The maximum Gasteiger partial charge on any atom is 0.326 e. The highest BCUT2D eigenvalue weighted by Gasteiger charge is 2.31. The van der Waals surface area contributed by atoms with Crippen LogP contribution in [0.4, 0.5) is 4.79 Å². The molecule has 0 bridgehead atoms. The van der Waals surface area contributed by atoms with Crippen molar-refractivity contribution >= 4 is 59.6 Å². The summed E-state index contributed by atoms with van der Waals surface area (Å²) >= 11 is 0. The van der Waals surface area contributed by atoms with E-state index in [-0.39, 0.29) is 114 Å². The number of nitrogens with zero attached hydrogens (tertiary/aromatic N) is 4. The predicted molar refractivity (Wildman–Crippen MR) is 246 cm³/mol. The number of amides is 5. The number of urea groups is 1. The summed E-state index contributed by atoms with van der Waals surface area (Å²) in [7, 11) is 0. The van der Waals surface area contributed by atoms with Crippen LogP contribution in [-0.2, 0) is 43.2 Å². The fourth-order valence-electron chi connectivity index (χ4n) is 8.21. The number of rotatable bonds is 30. The van der Waals surface area contributed by atoms with Crippen LogP contribution in [0.5, 0.6) is 0 Å². The van der Waals surface area contributed by atoms with Crippen LogP contribution in [0.25, 0.3) is 0 Å². The minimum absolute atomic E-state index is 0.0133. The van der Waals surface area contributed by atoms with Crippen molar-refractivity contribution in [1.82, 2.24) is 46.2 Å². The van der Waals surface area contributed by atoms with E-state index in [1.807, 2.05) is 4.90 Å². The first-order valence-corrected chi connectivity index (χ1v) is 23.9. The zero-order valence-electron chi connectivity index (χ0n) is 39.7. The lowest BCUT2D eigenvalue weighted by molar-refractivity contribution is -0.141. The monoisotopic (exact) mass is 986 g/mol. The Morgan fingerprint density at radius 1 is 0.493 bits per heavy atom. The number of aliphatic carboxylic acids is 6. The first-order chi connectivity index (χ1) is 32.8. The lowest BCUT2D eigenvalue weighted by atomic mass is 9.81. The molecule has 2 aliphatic rings. The van der Waals surface area contributed by atoms with Crippen LogP contribution in [-0.4, -0.2) is 220 Å². The Hall–Kier alpha value is -5.66. The maximum atomic E-state index is 13.5. The Bertz CT molecular complexity index is 1670. The van der Waals surface area contributed by atoms with Crippen LogP contribution >= 0.6 is 0 Å². The van der Waals surface area contributed by atoms with Crippen molar-refractivity contribution < 1.29 is 78.6 Å². The Balaban J connectivity index is 1.90. The van der Waals surface area contributed by atoms with Gasteiger partial charge in [-0.2, -0.15) is 0 Å². The van der Waals surface area contributed by atoms with Gasteiger partial charge in [-0.05, 0) is 63.7 Å². The first kappa shape index (κ1) is 59.5. The van der Waals surface area contributed by atoms with E-state index in [1.54, 1.807) is 14.7 Å². The van der Waals surface area contributed by atoms with Gasteiger partial charge in [0.2, 0.25) is 17.7 Å². The van der Waals surface area contributed by atoms with E-state index >= 15 is 0 Å². The van der Waals surface area contributed by atoms with Crippen molar-refractivity contribution in [2.75, 3.05) is 91.6 Å². The molecule has 3 atom stereocenters. The largest absolute Gasteiger partial charge is 0.481 e. The van der Waals surface area contributed by atoms with E-state index in [0.717, 1.165) is 19.3 Å². The van der Waals surface area contributed by atoms with Gasteiger partial charge in [0.15, 0.2) is 0 Å². The second kappa shape index (κ2) is 33.0. The number of carboxylic acids is 6. The topological polar surface area (TPSA) is 365 Å². The molecule has 1 aliphatic heterocycles. The second-order valence-corrected chi connectivity index (χ2v) is 17.8. The number of carbonyl (C=O) groups is 10. The van der Waals surface area contributed by atoms with Crippen LogP contribution in [0.15, 0.2) is 0 Å². The highest BCUT2D eigenvalue weighted by atomic mass is 16.4. The average Bonchev–Trinajstić information content (AvgIpc) is 3.27. The van der Waals surface area contributed by atoms with Crippen LogP contribution < -0.4 is 26.6 Å². The summed E-state index contributed by atoms with van der Waals surface area (Å²) in [4.78, 5) is 128. The lowest BCUT2D eigenvalue weighted by Crippen LogP contribution is -2.51. The van der Waals surface area contributed by atoms with Gasteiger partial charge in [-0.3, -0.25) is 53.2 Å². The molecule has 1 aliphatic carbocycles. The highest BCUT2D eigenvalue weighted by molar-refractivity contribution is 5.89. The van der Waals surface area contributed by atoms with E-state index in [4.69, 9.17) is 5.11 Å². The quantitative estimate of drug-likeness (QED) is 0.0392. The summed E-state index contributed by atoms with van der Waals surface area (Å²) in [5.41, 5.74) is 0. The third kappa shape index (κ3) is 26.6. The van der Waals surface area contributed by atoms with Crippen molar-refractivity contribution in [2.45, 2.75) is 115 Å². The molecule has 0 spiro atoms. The zero-order chi connectivity index (χ0) is 51.3. The normalized spacial score (nSPS) is 19.3. The van der Waals surface area contributed by atoms with E-state index in [9.17, 15) is 73.5 Å². The van der Waals surface area contributed by atoms with Gasteiger partial charge in [0.05, 0.1) is 26.2 Å². The minimum Gasteiger partial charge on any atom is -0.481 e. The molecule has 0 aromatic heterocycles. The predicted octanol–water partition coefficient (Wildman–Crippen LogP) is -0.804. The maximum absolute atomic E-state index is 13.5. The molecule has 11 N–H and O–H groups in total. The van der Waals surface area contributed by atoms with Crippen molar-refractivity contribution in [3.8, 4) is 0 Å². The van der Waals surface area contributed by atoms with Gasteiger partial charge in [0.1, 0.15) is 18.1 Å². The number of hydrogen-bond acceptors (Lipinski definition) is 14. The smallest absolute Gasteiger partial charge is 0.326 e. The van der Waals surface area contributed by atoms with Gasteiger partial charge in [0, 0.05) is 77.8 Å². The van der Waals surface area contributed by atoms with Crippen molar-refractivity contribution in [3.05, 3.63) is 0 Å². The van der Waals surface area contributed by atoms with Crippen molar-refractivity contribution in [2.24, 2.45) is 11.8 Å². The van der Waals surface area contributed by atoms with Crippen LogP contribution in [0.3, 0.4) is 0 Å². The van der Waals surface area contributed by atoms with Crippen LogP contribution in [0.1, 0.15) is 96.8 Å². The number of carbonyl (C=O) groups excluding carboxylic acids is 4. The fourth-order valence-corrected chi connectivity index (χ4v) is 8.21. The minimum atomic E-state index is -1.54. The lowest BCUT2D eigenvalue weighted by Gasteiger charge is -2.33. The fraction of sp³-hybridized carbons (Fsp3) is 0.773. The Morgan fingerprint density at radius 2 is 0.942 bits per heavy atom. The number of carboxylic acid groups (broad SMARTS) is 6. The van der Waals surface area contributed by atoms with Gasteiger partial charge in [-0.15, -0.1) is 0 Å². The molecule has 0 radical (unpaired) electrons. The summed E-state index contributed by atoms with van der Waals surface area (Å²) in [5.74, 6) is -8.37. The van der Waals surface area contributed by atoms with E-state index in [0.29, 0.717) is 64.6 Å². The average molecular weight is 986 g/mol. The number of unbranched alkanes of at least 4 members (excludes halogenated alkanes) is 4. The van der Waals surface area contributed by atoms with Gasteiger partial charge < -0.3 is 57.2 Å². The van der Waals surface area contributed by atoms with Crippen molar-refractivity contribution in [1.29, 1.82) is 0 Å². The molecule has 0 unspecified atom stereocenters. The standard InChI is InChI=1S/C44H75N9O16/c1-2-3-4-5-8-32(41(64)45-16-7-6-9-33(42(65)66)48-44(69)49-34(43(67)68)14-15-36(55)56)47-40(63)31-12-10-30(11-13-31)25-46-35(54)26-50-17-19-51(27-37(57)58)21-23-53(29-39(61)62)24-22-52(20-18-50)28-38(59)60/h30-34H,2-29H2,1H3,(H,45,64)(H,46,54)(H,47,63)(H,55,56)(H,57,58)(H,59,60)(H,61,62)(H,65,66)(H,67,68)(H2,48,49,69)/t30?,31?,32-,33-,34-/m0/s1. The molecule has 0 aromatic carbocycles. The Labute approximate surface area is 402 Å². The summed E-state index contributed by atoms with van der Waals surface area (Å²) in [5, 5.41) is 69.1. The van der Waals surface area contributed by atoms with E-state index < -0.39 is 72.8 Å². The molecule has 1 heterocycles. The van der Waals surface area contributed by atoms with E-state index in [1.165, 1.54) is 0 Å².